The van der Waals surface area contributed by atoms with Crippen molar-refractivity contribution in [3.05, 3.63) is 64.5 Å². The van der Waals surface area contributed by atoms with E-state index in [4.69, 9.17) is 4.74 Å². The Bertz CT molecular complexity index is 858. The fraction of sp³-hybridized carbons (Fsp3) is 0.278. The largest absolute Gasteiger partial charge is 0.494 e. The number of aromatic nitrogens is 2. The lowest BCUT2D eigenvalue weighted by Gasteiger charge is -2.08. The maximum absolute atomic E-state index is 10.8. The van der Waals surface area contributed by atoms with Crippen LogP contribution in [0, 0.1) is 17.0 Å². The highest BCUT2D eigenvalue weighted by Gasteiger charge is 2.10. The van der Waals surface area contributed by atoms with E-state index in [2.05, 4.69) is 15.6 Å². The molecule has 2 aromatic carbocycles. The third-order valence-electron chi connectivity index (χ3n) is 3.95. The van der Waals surface area contributed by atoms with Crippen molar-refractivity contribution in [1.82, 2.24) is 9.55 Å². The Morgan fingerprint density at radius 2 is 2.04 bits per heavy atom. The van der Waals surface area contributed by atoms with Crippen LogP contribution in [0.5, 0.6) is 5.75 Å². The molecular weight excluding hydrogens is 306 g/mol. The fourth-order valence-corrected chi connectivity index (χ4v) is 2.69. The minimum atomic E-state index is -0.380. The molecule has 0 spiro atoms. The normalized spacial score (nSPS) is 10.9. The number of benzene rings is 2. The first-order valence-electron chi connectivity index (χ1n) is 7.93. The average molecular weight is 325 g/mol. The minimum absolute atomic E-state index is 0.120. The molecule has 0 unspecified atom stereocenters. The van der Waals surface area contributed by atoms with Gasteiger partial charge in [-0.3, -0.25) is 10.1 Å². The number of nitrogens with zero attached hydrogens (tertiary/aromatic N) is 3. The first-order chi connectivity index (χ1) is 11.6. The number of para-hydroxylation sites is 2. The summed E-state index contributed by atoms with van der Waals surface area (Å²) in [6.07, 6.45) is 3.75. The molecule has 0 radical (unpaired) electrons. The lowest BCUT2D eigenvalue weighted by atomic mass is 10.2. The van der Waals surface area contributed by atoms with Gasteiger partial charge in [0, 0.05) is 18.2 Å². The summed E-state index contributed by atoms with van der Waals surface area (Å²) in [6.45, 7) is 3.20. The van der Waals surface area contributed by atoms with Gasteiger partial charge >= 0.3 is 0 Å². The van der Waals surface area contributed by atoms with Gasteiger partial charge in [-0.15, -0.1) is 0 Å². The third-order valence-corrected chi connectivity index (χ3v) is 3.95. The number of imidazole rings is 1. The van der Waals surface area contributed by atoms with Gasteiger partial charge in [-0.1, -0.05) is 12.1 Å². The molecule has 0 aliphatic rings. The quantitative estimate of drug-likeness (QED) is 0.372. The molecule has 0 aliphatic heterocycles. The van der Waals surface area contributed by atoms with E-state index in [1.165, 1.54) is 6.07 Å². The van der Waals surface area contributed by atoms with Crippen molar-refractivity contribution < 1.29 is 9.66 Å². The minimum Gasteiger partial charge on any atom is -0.494 e. The molecule has 6 nitrogen and oxygen atoms in total. The second-order valence-electron chi connectivity index (χ2n) is 5.69. The zero-order chi connectivity index (χ0) is 16.9. The summed E-state index contributed by atoms with van der Waals surface area (Å²) >= 11 is 0. The summed E-state index contributed by atoms with van der Waals surface area (Å²) in [5.74, 6) is 0.672. The predicted molar refractivity (Wildman–Crippen MR) is 92.3 cm³/mol. The standard InChI is InChI=1S/C18H19N3O3/c1-14-12-15(8-9-17(14)21(22)23)24-11-5-4-10-20-13-19-16-6-2-3-7-18(16)20/h2-3,6-9,12-13H,4-5,10-11H2,1H3. The summed E-state index contributed by atoms with van der Waals surface area (Å²) in [5.41, 5.74) is 2.89. The Kier molecular flexibility index (Phi) is 4.74. The van der Waals surface area contributed by atoms with Gasteiger partial charge in [-0.05, 0) is 44.0 Å². The van der Waals surface area contributed by atoms with Crippen LogP contribution >= 0.6 is 0 Å². The van der Waals surface area contributed by atoms with Crippen LogP contribution in [-0.2, 0) is 6.54 Å². The van der Waals surface area contributed by atoms with Crippen molar-refractivity contribution in [2.24, 2.45) is 0 Å². The molecule has 0 aliphatic carbocycles. The van der Waals surface area contributed by atoms with E-state index in [1.54, 1.807) is 19.1 Å². The average Bonchev–Trinajstić information content (AvgIpc) is 2.97. The first-order valence-corrected chi connectivity index (χ1v) is 7.93. The van der Waals surface area contributed by atoms with E-state index >= 15 is 0 Å². The van der Waals surface area contributed by atoms with Crippen molar-refractivity contribution >= 4 is 16.7 Å². The van der Waals surface area contributed by atoms with Gasteiger partial charge in [0.05, 0.1) is 28.9 Å². The van der Waals surface area contributed by atoms with Gasteiger partial charge in [0.25, 0.3) is 5.69 Å². The van der Waals surface area contributed by atoms with E-state index in [-0.39, 0.29) is 10.6 Å². The van der Waals surface area contributed by atoms with E-state index < -0.39 is 0 Å². The first kappa shape index (κ1) is 16.0. The highest BCUT2D eigenvalue weighted by molar-refractivity contribution is 5.74. The molecular formula is C18H19N3O3. The van der Waals surface area contributed by atoms with Gasteiger partial charge in [0.2, 0.25) is 0 Å². The van der Waals surface area contributed by atoms with Crippen LogP contribution in [0.2, 0.25) is 0 Å². The predicted octanol–water partition coefficient (Wildman–Crippen LogP) is 4.11. The van der Waals surface area contributed by atoms with Crippen molar-refractivity contribution in [3.63, 3.8) is 0 Å². The van der Waals surface area contributed by atoms with Gasteiger partial charge in [-0.25, -0.2) is 4.98 Å². The molecule has 6 heteroatoms. The molecule has 0 fully saturated rings. The van der Waals surface area contributed by atoms with Gasteiger partial charge in [0.1, 0.15) is 5.75 Å². The van der Waals surface area contributed by atoms with Crippen molar-refractivity contribution in [3.8, 4) is 5.75 Å². The number of nitro benzene ring substituents is 1. The number of unbranched alkanes of at least 4 members (excludes halogenated alkanes) is 1. The molecule has 1 aromatic heterocycles. The number of hydrogen-bond acceptors (Lipinski definition) is 4. The molecule has 0 N–H and O–H groups in total. The lowest BCUT2D eigenvalue weighted by Crippen LogP contribution is -2.02. The Balaban J connectivity index is 1.47. The maximum Gasteiger partial charge on any atom is 0.272 e. The number of nitro groups is 1. The van der Waals surface area contributed by atoms with Crippen LogP contribution in [-0.4, -0.2) is 21.1 Å². The highest BCUT2D eigenvalue weighted by atomic mass is 16.6. The SMILES string of the molecule is Cc1cc(OCCCCn2cnc3ccccc32)ccc1[N+](=O)[O-]. The summed E-state index contributed by atoms with van der Waals surface area (Å²) in [6, 6.07) is 12.9. The molecule has 0 saturated heterocycles. The Hall–Kier alpha value is -2.89. The smallest absolute Gasteiger partial charge is 0.272 e. The molecule has 0 saturated carbocycles. The lowest BCUT2D eigenvalue weighted by molar-refractivity contribution is -0.385. The van der Waals surface area contributed by atoms with E-state index in [0.717, 1.165) is 30.4 Å². The van der Waals surface area contributed by atoms with Crippen molar-refractivity contribution in [2.45, 2.75) is 26.3 Å². The number of aryl methyl sites for hydroxylation is 2. The zero-order valence-electron chi connectivity index (χ0n) is 13.5. The van der Waals surface area contributed by atoms with Gasteiger partial charge in [0.15, 0.2) is 0 Å². The van der Waals surface area contributed by atoms with Crippen molar-refractivity contribution in [1.29, 1.82) is 0 Å². The number of fused-ring (bicyclic) bond motifs is 1. The summed E-state index contributed by atoms with van der Waals surface area (Å²) < 4.78 is 7.83. The fourth-order valence-electron chi connectivity index (χ4n) is 2.69. The monoisotopic (exact) mass is 325 g/mol. The molecule has 1 heterocycles. The van der Waals surface area contributed by atoms with Crippen LogP contribution < -0.4 is 4.74 Å². The number of hydrogen-bond donors (Lipinski definition) is 0. The van der Waals surface area contributed by atoms with Crippen LogP contribution in [0.1, 0.15) is 18.4 Å². The van der Waals surface area contributed by atoms with Gasteiger partial charge in [-0.2, -0.15) is 0 Å². The Labute approximate surface area is 139 Å². The topological polar surface area (TPSA) is 70.2 Å². The Morgan fingerprint density at radius 1 is 1.21 bits per heavy atom. The number of ether oxygens (including phenoxy) is 1. The zero-order valence-corrected chi connectivity index (χ0v) is 13.5. The molecule has 24 heavy (non-hydrogen) atoms. The molecule has 0 atom stereocenters. The third kappa shape index (κ3) is 3.53. The molecule has 0 amide bonds. The van der Waals surface area contributed by atoms with Crippen molar-refractivity contribution in [2.75, 3.05) is 6.61 Å². The molecule has 3 aromatic rings. The summed E-state index contributed by atoms with van der Waals surface area (Å²) in [7, 11) is 0. The van der Waals surface area contributed by atoms with Crippen LogP contribution in [0.4, 0.5) is 5.69 Å². The van der Waals surface area contributed by atoms with Crippen LogP contribution in [0.3, 0.4) is 0 Å². The van der Waals surface area contributed by atoms with E-state index in [9.17, 15) is 10.1 Å². The summed E-state index contributed by atoms with van der Waals surface area (Å²) in [5, 5.41) is 10.8. The second kappa shape index (κ2) is 7.12. The van der Waals surface area contributed by atoms with Crippen LogP contribution in [0.25, 0.3) is 11.0 Å². The van der Waals surface area contributed by atoms with E-state index in [0.29, 0.717) is 17.9 Å². The number of rotatable bonds is 7. The Morgan fingerprint density at radius 3 is 2.83 bits per heavy atom. The summed E-state index contributed by atoms with van der Waals surface area (Å²) in [4.78, 5) is 14.8. The second-order valence-corrected chi connectivity index (χ2v) is 5.69. The molecule has 124 valence electrons. The highest BCUT2D eigenvalue weighted by Crippen LogP contribution is 2.23. The molecule has 0 bridgehead atoms. The van der Waals surface area contributed by atoms with E-state index in [1.807, 2.05) is 24.5 Å². The maximum atomic E-state index is 10.8. The molecule has 3 rings (SSSR count). The van der Waals surface area contributed by atoms with Gasteiger partial charge < -0.3 is 9.30 Å². The van der Waals surface area contributed by atoms with Crippen LogP contribution in [0.15, 0.2) is 48.8 Å².